The topological polar surface area (TPSA) is 41.8 Å². The number of nitrogens with zero attached hydrogens (tertiary/aromatic N) is 2. The van der Waals surface area contributed by atoms with Gasteiger partial charge >= 0.3 is 6.03 Å². The van der Waals surface area contributed by atoms with Crippen LogP contribution in [0.25, 0.3) is 0 Å². The molecule has 4 heteroatoms. The van der Waals surface area contributed by atoms with E-state index in [1.165, 1.54) is 0 Å². The van der Waals surface area contributed by atoms with Gasteiger partial charge in [-0.15, -0.1) is 0 Å². The van der Waals surface area contributed by atoms with E-state index in [2.05, 4.69) is 29.6 Å². The zero-order valence-electron chi connectivity index (χ0n) is 6.38. The molecule has 0 spiro atoms. The quantitative estimate of drug-likeness (QED) is 0.528. The van der Waals surface area contributed by atoms with Crippen molar-refractivity contribution in [2.24, 2.45) is 9.98 Å². The third-order valence-electron chi connectivity index (χ3n) is 1.28. The zero-order valence-corrected chi connectivity index (χ0v) is 7.38. The van der Waals surface area contributed by atoms with E-state index in [0.717, 1.165) is 5.33 Å². The largest absolute Gasteiger partial charge is 0.366 e. The first-order valence-electron chi connectivity index (χ1n) is 3.17. The third-order valence-corrected chi connectivity index (χ3v) is 3.06. The molecule has 0 N–H and O–H groups in total. The van der Waals surface area contributed by atoms with Crippen molar-refractivity contribution in [3.8, 4) is 0 Å². The van der Waals surface area contributed by atoms with Gasteiger partial charge in [0.15, 0.2) is 0 Å². The number of hydrogen-bond donors (Lipinski definition) is 0. The molecule has 1 rings (SSSR count). The molecule has 0 atom stereocenters. The highest BCUT2D eigenvalue weighted by Gasteiger charge is 2.23. The van der Waals surface area contributed by atoms with Crippen molar-refractivity contribution in [2.75, 3.05) is 0 Å². The molecule has 0 radical (unpaired) electrons. The second-order valence-electron chi connectivity index (χ2n) is 3.29. The van der Waals surface area contributed by atoms with Crippen molar-refractivity contribution in [1.29, 1.82) is 0 Å². The molecular formula is C6H10N2OSi. The van der Waals surface area contributed by atoms with Gasteiger partial charge in [0.25, 0.3) is 0 Å². The van der Waals surface area contributed by atoms with E-state index >= 15 is 0 Å². The Morgan fingerprint density at radius 3 is 2.20 bits per heavy atom. The maximum atomic E-state index is 10.5. The number of carbonyl (C=O) groups excluding carboxylic acids is 1. The first kappa shape index (κ1) is 7.34. The number of aliphatic imine (C=N–C) groups is 2. The standard InChI is InChI=1S/C6H10N2OSi/c1-10(2,3)5-4-7-6(9)8-5/h4H,1-3H3. The van der Waals surface area contributed by atoms with E-state index < -0.39 is 8.07 Å². The molecule has 54 valence electrons. The summed E-state index contributed by atoms with van der Waals surface area (Å²) in [5, 5.41) is 0.900. The molecule has 1 aliphatic rings. The molecule has 0 aromatic carbocycles. The average Bonchev–Trinajstić information content (AvgIpc) is 2.11. The predicted octanol–water partition coefficient (Wildman–Crippen LogP) is 1.51. The second-order valence-corrected chi connectivity index (χ2v) is 8.30. The normalized spacial score (nSPS) is 17.9. The molecule has 0 aromatic rings. The van der Waals surface area contributed by atoms with Gasteiger partial charge in [0, 0.05) is 11.5 Å². The molecule has 10 heavy (non-hydrogen) atoms. The van der Waals surface area contributed by atoms with Gasteiger partial charge in [0.1, 0.15) is 8.07 Å². The molecule has 0 aromatic heterocycles. The monoisotopic (exact) mass is 154 g/mol. The molecule has 0 saturated carbocycles. The fraction of sp³-hybridized carbons (Fsp3) is 0.500. The summed E-state index contributed by atoms with van der Waals surface area (Å²) in [5.74, 6) is 0. The third kappa shape index (κ3) is 1.38. The van der Waals surface area contributed by atoms with Crippen LogP contribution in [0.15, 0.2) is 9.98 Å². The predicted molar refractivity (Wildman–Crippen MR) is 44.7 cm³/mol. The minimum atomic E-state index is -1.39. The molecule has 1 heterocycles. The Bertz CT molecular complexity index is 224. The summed E-state index contributed by atoms with van der Waals surface area (Å²) in [7, 11) is -1.39. The van der Waals surface area contributed by atoms with Crippen LogP contribution < -0.4 is 0 Å². The van der Waals surface area contributed by atoms with Crippen molar-refractivity contribution >= 4 is 25.7 Å². The van der Waals surface area contributed by atoms with Crippen LogP contribution in [0.4, 0.5) is 4.79 Å². The van der Waals surface area contributed by atoms with Gasteiger partial charge in [0.05, 0.1) is 0 Å². The Morgan fingerprint density at radius 1 is 1.40 bits per heavy atom. The van der Waals surface area contributed by atoms with Crippen molar-refractivity contribution in [3.05, 3.63) is 0 Å². The highest BCUT2D eigenvalue weighted by atomic mass is 28.3. The lowest BCUT2D eigenvalue weighted by atomic mass is 10.8. The lowest BCUT2D eigenvalue weighted by molar-refractivity contribution is 0.257. The maximum absolute atomic E-state index is 10.5. The smallest absolute Gasteiger partial charge is 0.244 e. The van der Waals surface area contributed by atoms with Gasteiger partial charge in [-0.05, 0) is 0 Å². The fourth-order valence-electron chi connectivity index (χ4n) is 0.638. The van der Waals surface area contributed by atoms with Crippen LogP contribution in [-0.2, 0) is 0 Å². The number of amides is 2. The first-order valence-corrected chi connectivity index (χ1v) is 6.67. The number of hydrogen-bond acceptors (Lipinski definition) is 1. The van der Waals surface area contributed by atoms with Crippen LogP contribution in [0.2, 0.25) is 19.6 Å². The van der Waals surface area contributed by atoms with Crippen LogP contribution in [0.3, 0.4) is 0 Å². The average molecular weight is 154 g/mol. The van der Waals surface area contributed by atoms with Gasteiger partial charge in [-0.2, -0.15) is 9.98 Å². The van der Waals surface area contributed by atoms with E-state index in [9.17, 15) is 4.79 Å². The lowest BCUT2D eigenvalue weighted by Crippen LogP contribution is -2.33. The maximum Gasteiger partial charge on any atom is 0.366 e. The van der Waals surface area contributed by atoms with E-state index in [4.69, 9.17) is 0 Å². The molecule has 0 saturated heterocycles. The first-order chi connectivity index (χ1) is 4.50. The van der Waals surface area contributed by atoms with E-state index in [1.54, 1.807) is 6.21 Å². The Hall–Kier alpha value is -0.773. The van der Waals surface area contributed by atoms with Gasteiger partial charge < -0.3 is 0 Å². The highest BCUT2D eigenvalue weighted by Crippen LogP contribution is 2.06. The fourth-order valence-corrected chi connectivity index (χ4v) is 1.52. The van der Waals surface area contributed by atoms with Crippen LogP contribution in [0, 0.1) is 0 Å². The van der Waals surface area contributed by atoms with Crippen molar-refractivity contribution in [2.45, 2.75) is 19.6 Å². The summed E-state index contributed by atoms with van der Waals surface area (Å²) in [6, 6.07) is -0.350. The van der Waals surface area contributed by atoms with E-state index in [1.807, 2.05) is 0 Å². The lowest BCUT2D eigenvalue weighted by Gasteiger charge is -2.11. The number of urea groups is 1. The molecular weight excluding hydrogens is 144 g/mol. The molecule has 0 fully saturated rings. The number of carbonyl (C=O) groups is 1. The van der Waals surface area contributed by atoms with Gasteiger partial charge in [-0.1, -0.05) is 19.6 Å². The van der Waals surface area contributed by atoms with Crippen LogP contribution >= 0.6 is 0 Å². The molecule has 3 nitrogen and oxygen atoms in total. The molecule has 2 amide bonds. The summed E-state index contributed by atoms with van der Waals surface area (Å²) >= 11 is 0. The number of rotatable bonds is 1. The molecule has 0 aliphatic carbocycles. The Balaban J connectivity index is 2.88. The van der Waals surface area contributed by atoms with Crippen LogP contribution in [0.5, 0.6) is 0 Å². The summed E-state index contributed by atoms with van der Waals surface area (Å²) < 4.78 is 0. The zero-order chi connectivity index (χ0) is 7.78. The van der Waals surface area contributed by atoms with Crippen LogP contribution in [0.1, 0.15) is 0 Å². The summed E-state index contributed by atoms with van der Waals surface area (Å²) in [6.07, 6.45) is 1.59. The van der Waals surface area contributed by atoms with E-state index in [-0.39, 0.29) is 6.03 Å². The highest BCUT2D eigenvalue weighted by molar-refractivity contribution is 7.12. The van der Waals surface area contributed by atoms with Crippen molar-refractivity contribution in [1.82, 2.24) is 0 Å². The van der Waals surface area contributed by atoms with Gasteiger partial charge in [0.2, 0.25) is 0 Å². The van der Waals surface area contributed by atoms with Gasteiger partial charge in [-0.25, -0.2) is 4.79 Å². The summed E-state index contributed by atoms with van der Waals surface area (Å²) in [5.41, 5.74) is 0. The Kier molecular flexibility index (Phi) is 1.56. The Morgan fingerprint density at radius 2 is 2.00 bits per heavy atom. The molecule has 0 bridgehead atoms. The Labute approximate surface area is 60.9 Å². The summed E-state index contributed by atoms with van der Waals surface area (Å²) in [6.45, 7) is 6.41. The van der Waals surface area contributed by atoms with Crippen LogP contribution in [-0.4, -0.2) is 25.7 Å². The van der Waals surface area contributed by atoms with Gasteiger partial charge in [-0.3, -0.25) is 0 Å². The van der Waals surface area contributed by atoms with E-state index in [0.29, 0.717) is 0 Å². The minimum Gasteiger partial charge on any atom is -0.244 e. The minimum absolute atomic E-state index is 0.350. The SMILES string of the molecule is C[Si](C)(C)C1=NC(=O)N=C1. The summed E-state index contributed by atoms with van der Waals surface area (Å²) in [4.78, 5) is 17.9. The molecule has 0 unspecified atom stereocenters. The van der Waals surface area contributed by atoms with Crippen molar-refractivity contribution < 1.29 is 4.79 Å². The second kappa shape index (κ2) is 2.12. The van der Waals surface area contributed by atoms with Crippen molar-refractivity contribution in [3.63, 3.8) is 0 Å². The molecule has 1 aliphatic heterocycles.